The highest BCUT2D eigenvalue weighted by atomic mass is 19.1. The number of morpholine rings is 1. The van der Waals surface area contributed by atoms with Crippen LogP contribution in [-0.2, 0) is 30.7 Å². The first-order valence-electron chi connectivity index (χ1n) is 41.0. The lowest BCUT2D eigenvalue weighted by Gasteiger charge is -2.38. The van der Waals surface area contributed by atoms with Gasteiger partial charge < -0.3 is 25.6 Å². The summed E-state index contributed by atoms with van der Waals surface area (Å²) in [4.78, 5) is 59.0. The molecular formula is C101H91FN12O5. The summed E-state index contributed by atoms with van der Waals surface area (Å²) in [6, 6.07) is 96.9. The van der Waals surface area contributed by atoms with Crippen molar-refractivity contribution >= 4 is 60.9 Å². The number of hydrogen-bond donors (Lipinski definition) is 6. The summed E-state index contributed by atoms with van der Waals surface area (Å²) >= 11 is 0. The van der Waals surface area contributed by atoms with E-state index < -0.39 is 5.82 Å². The highest BCUT2D eigenvalue weighted by Gasteiger charge is 2.42. The molecule has 8 heterocycles. The molecule has 0 radical (unpaired) electrons. The van der Waals surface area contributed by atoms with E-state index in [2.05, 4.69) is 278 Å². The van der Waals surface area contributed by atoms with Crippen LogP contribution < -0.4 is 32.6 Å². The van der Waals surface area contributed by atoms with E-state index >= 15 is 0 Å². The molecule has 3 aromatic heterocycles. The molecule has 5 aliphatic heterocycles. The summed E-state index contributed by atoms with van der Waals surface area (Å²) in [6.07, 6.45) is 1.92. The molecule has 12 aromatic carbocycles. The van der Waals surface area contributed by atoms with Crippen LogP contribution >= 0.6 is 0 Å². The molecule has 6 N–H and O–H groups in total. The smallest absolute Gasteiger partial charge is 0.272 e. The number of anilines is 3. The normalized spacial score (nSPS) is 19.2. The van der Waals surface area contributed by atoms with Gasteiger partial charge in [-0.2, -0.15) is 15.3 Å². The zero-order valence-electron chi connectivity index (χ0n) is 66.7. The number of nitrogens with zero attached hydrogens (tertiary/aromatic N) is 6. The van der Waals surface area contributed by atoms with Crippen LogP contribution in [-0.4, -0.2) is 98.8 Å². The van der Waals surface area contributed by atoms with Crippen LogP contribution in [0.4, 0.5) is 21.5 Å². The fraction of sp³-hybridized carbons (Fsp3) is 0.208. The van der Waals surface area contributed by atoms with Crippen molar-refractivity contribution in [3.05, 3.63) is 423 Å². The first-order valence-corrected chi connectivity index (χ1v) is 41.0. The molecule has 8 unspecified atom stereocenters. The number of aliphatic imine (C=N–C) groups is 1. The van der Waals surface area contributed by atoms with Crippen molar-refractivity contribution in [2.24, 2.45) is 4.99 Å². The number of H-pyrrole nitrogens is 3. The number of carbonyl (C=O) groups is 1. The van der Waals surface area contributed by atoms with E-state index in [1.807, 2.05) is 78.9 Å². The van der Waals surface area contributed by atoms with Crippen LogP contribution in [0, 0.1) is 12.7 Å². The van der Waals surface area contributed by atoms with Crippen molar-refractivity contribution in [1.29, 1.82) is 0 Å². The number of nitrogens with one attached hydrogen (secondary N) is 6. The number of aromatic nitrogens is 6. The highest BCUT2D eigenvalue weighted by molar-refractivity contribution is 6.21. The van der Waals surface area contributed by atoms with Gasteiger partial charge in [0.05, 0.1) is 88.0 Å². The molecule has 0 spiro atoms. The zero-order chi connectivity index (χ0) is 81.2. The van der Waals surface area contributed by atoms with E-state index in [0.717, 1.165) is 130 Å². The third-order valence-electron chi connectivity index (χ3n) is 24.1. The van der Waals surface area contributed by atoms with Gasteiger partial charge in [0, 0.05) is 82.4 Å². The maximum atomic E-state index is 14.3. The number of benzene rings is 12. The Hall–Kier alpha value is -13.4. The van der Waals surface area contributed by atoms with Gasteiger partial charge in [-0.3, -0.25) is 29.1 Å². The SMILES string of the molecule is CCc1ccc(C2Nc3cccc4c(=O)[nH]nc(c34)C2c2ccccc2)cc1.CN(C)Cc1ccc(C2C3=NCC(=O)c4cc(F)cc(c43)NC2c2ccccc2)cc1.Cc1cc2c3c(n[nH]c(=O)c3c1)C(c1ccccc1)C(c1ccccc1)C2.O=c1[nH]nc2c3c(cccc13)NC(c1ccc(CN3CCOCC3)cc1)C2c1ccccc1. The van der Waals surface area contributed by atoms with Gasteiger partial charge in [0.25, 0.3) is 16.7 Å². The summed E-state index contributed by atoms with van der Waals surface area (Å²) in [5.41, 5.74) is 22.7. The average molecular weight is 1570 g/mol. The van der Waals surface area contributed by atoms with E-state index in [9.17, 15) is 23.6 Å². The van der Waals surface area contributed by atoms with Gasteiger partial charge in [0.2, 0.25) is 0 Å². The van der Waals surface area contributed by atoms with Crippen LogP contribution in [0.5, 0.6) is 0 Å². The summed E-state index contributed by atoms with van der Waals surface area (Å²) < 4.78 is 19.8. The van der Waals surface area contributed by atoms with Crippen LogP contribution in [0.3, 0.4) is 0 Å². The standard InChI is InChI=1S/C27H26N4O2.C26H24FN3O.C24H21N3O.C24H20N2O/c32-27-21-7-4-8-22-24(21)26(29-30-27)23(19-5-2-1-3-6-19)25(28-22)20-11-9-18(10-12-20)17-31-13-15-33-16-14-31;1-30(2)15-16-8-10-17(11-9-16)23-25(18-6-4-3-5-7-18)29-21-13-19(27)12-20-22(31)14-28-26(23)24(20)21;1-2-15-11-13-17(14-12-15)22-20(16-7-4-3-5-8-16)23-21-18(24(28)27-26-23)9-6-10-19(21)25-22;1-15-12-18-14-19(16-8-4-2-5-9-16)21(17-10-6-3-7-11-17)23-22(18)20(13-15)24(27)26-25-23/h1-12,23,25,28H,13-17H2,(H,30,32);3-13,23,25,29H,14-15H2,1-2H3;3-14,20,22,25H,2H2,1H3,(H,27,28);2-13,19,21H,14H2,1H3,(H,26,27). The summed E-state index contributed by atoms with van der Waals surface area (Å²) in [5.74, 6) is -0.254. The quantitative estimate of drug-likeness (QED) is 0.0634. The monoisotopic (exact) mass is 1570 g/mol. The van der Waals surface area contributed by atoms with Crippen molar-refractivity contribution in [2.75, 3.05) is 62.9 Å². The van der Waals surface area contributed by atoms with E-state index in [0.29, 0.717) is 22.0 Å². The second-order valence-electron chi connectivity index (χ2n) is 32.0. The molecule has 119 heavy (non-hydrogen) atoms. The Labute approximate surface area is 689 Å². The van der Waals surface area contributed by atoms with Gasteiger partial charge in [-0.05, 0) is 143 Å². The molecular weight excluding hydrogens is 1480 g/mol. The van der Waals surface area contributed by atoms with Gasteiger partial charge in [0.1, 0.15) is 12.4 Å². The average Bonchev–Trinajstić information content (AvgIpc) is 0.744. The minimum atomic E-state index is -0.408. The molecule has 17 nitrogen and oxygen atoms in total. The number of aromatic amines is 3. The Morgan fingerprint density at radius 2 is 0.874 bits per heavy atom. The third-order valence-corrected chi connectivity index (χ3v) is 24.1. The molecule has 1 fully saturated rings. The number of ether oxygens (including phenoxy) is 1. The second-order valence-corrected chi connectivity index (χ2v) is 32.0. The number of halogens is 1. The number of aryl methyl sites for hydroxylation is 2. The predicted molar refractivity (Wildman–Crippen MR) is 472 cm³/mol. The first-order chi connectivity index (χ1) is 58.3. The van der Waals surface area contributed by atoms with Gasteiger partial charge in [-0.15, -0.1) is 0 Å². The topological polar surface area (TPSA) is 218 Å². The Morgan fingerprint density at radius 3 is 1.39 bits per heavy atom. The molecule has 15 aromatic rings. The summed E-state index contributed by atoms with van der Waals surface area (Å²) in [6.45, 7) is 9.66. The van der Waals surface area contributed by atoms with Crippen molar-refractivity contribution in [3.63, 3.8) is 0 Å². The molecule has 592 valence electrons. The van der Waals surface area contributed by atoms with Crippen molar-refractivity contribution in [3.8, 4) is 0 Å². The lowest BCUT2D eigenvalue weighted by atomic mass is 9.70. The molecule has 18 heteroatoms. The summed E-state index contributed by atoms with van der Waals surface area (Å²) in [5, 5.41) is 37.8. The minimum absolute atomic E-state index is 0.00124. The fourth-order valence-corrected chi connectivity index (χ4v) is 18.6. The number of ketones is 1. The molecule has 21 rings (SSSR count). The van der Waals surface area contributed by atoms with Crippen LogP contribution in [0.15, 0.2) is 304 Å². The largest absolute Gasteiger partial charge is 0.379 e. The molecule has 0 saturated carbocycles. The van der Waals surface area contributed by atoms with Gasteiger partial charge in [-0.1, -0.05) is 255 Å². The van der Waals surface area contributed by atoms with E-state index in [1.165, 1.54) is 67.8 Å². The summed E-state index contributed by atoms with van der Waals surface area (Å²) in [7, 11) is 4.10. The third kappa shape index (κ3) is 15.5. The number of hydrogen-bond acceptors (Lipinski definition) is 14. The molecule has 0 bridgehead atoms. The number of carbonyl (C=O) groups excluding carboxylic acids is 1. The maximum Gasteiger partial charge on any atom is 0.272 e. The Morgan fingerprint density at radius 1 is 0.437 bits per heavy atom. The van der Waals surface area contributed by atoms with Crippen LogP contribution in [0.25, 0.3) is 32.3 Å². The van der Waals surface area contributed by atoms with E-state index in [1.54, 1.807) is 0 Å². The van der Waals surface area contributed by atoms with Crippen molar-refractivity contribution in [1.82, 2.24) is 40.4 Å². The number of rotatable bonds is 13. The fourth-order valence-electron chi connectivity index (χ4n) is 18.6. The van der Waals surface area contributed by atoms with Gasteiger partial charge in [0.15, 0.2) is 5.78 Å². The maximum absolute atomic E-state index is 14.3. The van der Waals surface area contributed by atoms with Crippen molar-refractivity contribution < 1.29 is 13.9 Å². The van der Waals surface area contributed by atoms with Crippen molar-refractivity contribution in [2.45, 2.75) is 87.5 Å². The first kappa shape index (κ1) is 76.9. The molecule has 0 amide bonds. The molecule has 1 saturated heterocycles. The van der Waals surface area contributed by atoms with E-state index in [4.69, 9.17) is 9.73 Å². The Bertz CT molecular complexity index is 6450. The highest BCUT2D eigenvalue weighted by Crippen LogP contribution is 2.51. The Balaban J connectivity index is 0.000000109. The molecule has 6 aliphatic rings. The van der Waals surface area contributed by atoms with Crippen LogP contribution in [0.1, 0.15) is 160 Å². The predicted octanol–water partition coefficient (Wildman–Crippen LogP) is 18.4. The van der Waals surface area contributed by atoms with Gasteiger partial charge in [-0.25, -0.2) is 19.7 Å². The lowest BCUT2D eigenvalue weighted by molar-refractivity contribution is 0.0342. The van der Waals surface area contributed by atoms with Crippen LogP contribution in [0.2, 0.25) is 0 Å². The minimum Gasteiger partial charge on any atom is -0.379 e. The molecule has 8 atom stereocenters. The zero-order valence-corrected chi connectivity index (χ0v) is 66.7. The Kier molecular flexibility index (Phi) is 21.8. The second kappa shape index (κ2) is 33.7. The van der Waals surface area contributed by atoms with Gasteiger partial charge >= 0.3 is 0 Å². The molecule has 1 aliphatic carbocycles. The lowest BCUT2D eigenvalue weighted by Crippen LogP contribution is -2.36. The number of Topliss-reactive ketones (excluding diaryl/α,β-unsaturated/α-hetero) is 1. The van der Waals surface area contributed by atoms with E-state index in [-0.39, 0.29) is 76.7 Å².